The van der Waals surface area contributed by atoms with Crippen LogP contribution in [0.1, 0.15) is 41.5 Å². The van der Waals surface area contributed by atoms with Crippen LogP contribution < -0.4 is 0 Å². The predicted molar refractivity (Wildman–Crippen MR) is 81.7 cm³/mol. The highest BCUT2D eigenvalue weighted by atomic mass is 35.5. The topological polar surface area (TPSA) is 0 Å². The third kappa shape index (κ3) is 3.39. The standard InChI is InChI=1S/C16H17ClF2S/c1-16(2,3)14-8-7-13(20-14)11(17)9-10-5-4-6-12(18)15(10)19/h4-8,11H,9H2,1-3H3. The first-order valence-electron chi connectivity index (χ1n) is 6.46. The molecule has 1 unspecified atom stereocenters. The number of hydrogen-bond acceptors (Lipinski definition) is 1. The van der Waals surface area contributed by atoms with E-state index in [2.05, 4.69) is 26.8 Å². The second-order valence-corrected chi connectivity index (χ2v) is 7.48. The largest absolute Gasteiger partial charge is 0.204 e. The molecule has 0 fully saturated rings. The summed E-state index contributed by atoms with van der Waals surface area (Å²) in [5.74, 6) is -1.63. The van der Waals surface area contributed by atoms with Crippen LogP contribution in [0.3, 0.4) is 0 Å². The van der Waals surface area contributed by atoms with Gasteiger partial charge in [-0.2, -0.15) is 0 Å². The van der Waals surface area contributed by atoms with Gasteiger partial charge in [0.15, 0.2) is 11.6 Å². The van der Waals surface area contributed by atoms with Crippen LogP contribution in [0.2, 0.25) is 0 Å². The Labute approximate surface area is 127 Å². The second kappa shape index (κ2) is 5.82. The summed E-state index contributed by atoms with van der Waals surface area (Å²) in [7, 11) is 0. The fraction of sp³-hybridized carbons (Fsp3) is 0.375. The highest BCUT2D eigenvalue weighted by Gasteiger charge is 2.20. The first-order valence-corrected chi connectivity index (χ1v) is 7.71. The summed E-state index contributed by atoms with van der Waals surface area (Å²) in [5.41, 5.74) is 0.389. The smallest absolute Gasteiger partial charge is 0.162 e. The third-order valence-electron chi connectivity index (χ3n) is 3.11. The maximum Gasteiger partial charge on any atom is 0.162 e. The lowest BCUT2D eigenvalue weighted by Crippen LogP contribution is -2.07. The van der Waals surface area contributed by atoms with Gasteiger partial charge in [-0.1, -0.05) is 32.9 Å². The number of hydrogen-bond donors (Lipinski definition) is 0. The zero-order chi connectivity index (χ0) is 14.9. The van der Waals surface area contributed by atoms with E-state index >= 15 is 0 Å². The zero-order valence-electron chi connectivity index (χ0n) is 11.7. The summed E-state index contributed by atoms with van der Waals surface area (Å²) in [4.78, 5) is 2.22. The molecule has 1 aromatic carbocycles. The molecule has 0 radical (unpaired) electrons. The highest BCUT2D eigenvalue weighted by molar-refractivity contribution is 7.12. The highest BCUT2D eigenvalue weighted by Crippen LogP contribution is 2.36. The van der Waals surface area contributed by atoms with Crippen LogP contribution in [0, 0.1) is 11.6 Å². The molecule has 1 heterocycles. The number of rotatable bonds is 3. The van der Waals surface area contributed by atoms with Crippen LogP contribution >= 0.6 is 22.9 Å². The SMILES string of the molecule is CC(C)(C)c1ccc(C(Cl)Cc2cccc(F)c2F)s1. The van der Waals surface area contributed by atoms with Gasteiger partial charge in [-0.25, -0.2) is 8.78 Å². The molecular formula is C16H17ClF2S. The summed E-state index contributed by atoms with van der Waals surface area (Å²) in [6.45, 7) is 6.41. The Hall–Kier alpha value is -0.930. The van der Waals surface area contributed by atoms with Crippen molar-refractivity contribution in [3.63, 3.8) is 0 Å². The molecule has 0 bridgehead atoms. The molecular weight excluding hydrogens is 298 g/mol. The summed E-state index contributed by atoms with van der Waals surface area (Å²) >= 11 is 7.98. The minimum atomic E-state index is -0.826. The molecule has 1 aromatic heterocycles. The first kappa shape index (κ1) is 15.5. The van der Waals surface area contributed by atoms with Crippen LogP contribution in [-0.4, -0.2) is 0 Å². The van der Waals surface area contributed by atoms with Crippen LogP contribution in [0.5, 0.6) is 0 Å². The quantitative estimate of drug-likeness (QED) is 0.624. The number of thiophene rings is 1. The minimum Gasteiger partial charge on any atom is -0.204 e. The summed E-state index contributed by atoms with van der Waals surface area (Å²) in [6, 6.07) is 8.22. The molecule has 108 valence electrons. The number of halogens is 3. The summed E-state index contributed by atoms with van der Waals surface area (Å²) < 4.78 is 26.8. The Balaban J connectivity index is 2.18. The van der Waals surface area contributed by atoms with Crippen LogP contribution in [0.4, 0.5) is 8.78 Å². The first-order chi connectivity index (χ1) is 9.29. The molecule has 4 heteroatoms. The van der Waals surface area contributed by atoms with E-state index < -0.39 is 11.6 Å². The molecule has 0 amide bonds. The van der Waals surface area contributed by atoms with Gasteiger partial charge in [0.05, 0.1) is 5.38 Å². The van der Waals surface area contributed by atoms with Crippen molar-refractivity contribution in [3.05, 3.63) is 57.3 Å². The van der Waals surface area contributed by atoms with E-state index in [1.54, 1.807) is 17.4 Å². The van der Waals surface area contributed by atoms with Gasteiger partial charge < -0.3 is 0 Å². The molecule has 0 saturated heterocycles. The van der Waals surface area contributed by atoms with Gasteiger partial charge in [-0.05, 0) is 35.6 Å². The molecule has 1 atom stereocenters. The van der Waals surface area contributed by atoms with Crippen LogP contribution in [-0.2, 0) is 11.8 Å². The average molecular weight is 315 g/mol. The predicted octanol–water partition coefficient (Wildman–Crippen LogP) is 5.85. The van der Waals surface area contributed by atoms with Gasteiger partial charge in [0.2, 0.25) is 0 Å². The lowest BCUT2D eigenvalue weighted by Gasteiger charge is -2.15. The van der Waals surface area contributed by atoms with Crippen molar-refractivity contribution >= 4 is 22.9 Å². The lowest BCUT2D eigenvalue weighted by molar-refractivity contribution is 0.498. The second-order valence-electron chi connectivity index (χ2n) is 5.84. The van der Waals surface area contributed by atoms with Crippen molar-refractivity contribution in [2.75, 3.05) is 0 Å². The van der Waals surface area contributed by atoms with Crippen LogP contribution in [0.15, 0.2) is 30.3 Å². The van der Waals surface area contributed by atoms with E-state index in [1.165, 1.54) is 10.9 Å². The number of alkyl halides is 1. The van der Waals surface area contributed by atoms with Crippen molar-refractivity contribution in [2.45, 2.75) is 38.0 Å². The van der Waals surface area contributed by atoms with E-state index in [4.69, 9.17) is 11.6 Å². The molecule has 0 aliphatic rings. The van der Waals surface area contributed by atoms with Crippen molar-refractivity contribution in [2.24, 2.45) is 0 Å². The van der Waals surface area contributed by atoms with Crippen molar-refractivity contribution in [3.8, 4) is 0 Å². The van der Waals surface area contributed by atoms with E-state index in [9.17, 15) is 8.78 Å². The fourth-order valence-corrected chi connectivity index (χ4v) is 3.34. The molecule has 0 N–H and O–H groups in total. The van der Waals surface area contributed by atoms with E-state index in [1.807, 2.05) is 6.07 Å². The minimum absolute atomic E-state index is 0.0730. The molecule has 0 saturated carbocycles. The summed E-state index contributed by atoms with van der Waals surface area (Å²) in [5, 5.41) is -0.340. The molecule has 2 aromatic rings. The Morgan fingerprint density at radius 2 is 1.85 bits per heavy atom. The van der Waals surface area contributed by atoms with Gasteiger partial charge in [0, 0.05) is 9.75 Å². The molecule has 0 aliphatic heterocycles. The fourth-order valence-electron chi connectivity index (χ4n) is 1.92. The van der Waals surface area contributed by atoms with Crippen molar-refractivity contribution in [1.29, 1.82) is 0 Å². The maximum atomic E-state index is 13.6. The zero-order valence-corrected chi connectivity index (χ0v) is 13.3. The van der Waals surface area contributed by atoms with Crippen molar-refractivity contribution in [1.82, 2.24) is 0 Å². The average Bonchev–Trinajstić information content (AvgIpc) is 2.84. The Morgan fingerprint density at radius 1 is 1.15 bits per heavy atom. The summed E-state index contributed by atoms with van der Waals surface area (Å²) in [6.07, 6.45) is 0.287. The van der Waals surface area contributed by atoms with Crippen LogP contribution in [0.25, 0.3) is 0 Å². The third-order valence-corrected chi connectivity index (χ3v) is 5.25. The maximum absolute atomic E-state index is 13.6. The Kier molecular flexibility index (Phi) is 4.50. The van der Waals surface area contributed by atoms with Gasteiger partial charge in [0.1, 0.15) is 0 Å². The normalized spacial score (nSPS) is 13.5. The molecule has 2 rings (SSSR count). The Bertz CT molecular complexity index is 599. The Morgan fingerprint density at radius 3 is 2.45 bits per heavy atom. The monoisotopic (exact) mass is 314 g/mol. The van der Waals surface area contributed by atoms with E-state index in [-0.39, 0.29) is 17.2 Å². The number of benzene rings is 1. The van der Waals surface area contributed by atoms with Gasteiger partial charge in [-0.15, -0.1) is 22.9 Å². The molecule has 20 heavy (non-hydrogen) atoms. The van der Waals surface area contributed by atoms with Gasteiger partial charge in [-0.3, -0.25) is 0 Å². The molecule has 0 spiro atoms. The van der Waals surface area contributed by atoms with E-state index in [0.29, 0.717) is 5.56 Å². The van der Waals surface area contributed by atoms with Crippen molar-refractivity contribution < 1.29 is 8.78 Å². The lowest BCUT2D eigenvalue weighted by atomic mass is 9.95. The van der Waals surface area contributed by atoms with Gasteiger partial charge >= 0.3 is 0 Å². The molecule has 0 nitrogen and oxygen atoms in total. The molecule has 0 aliphatic carbocycles. The van der Waals surface area contributed by atoms with Gasteiger partial charge in [0.25, 0.3) is 0 Å². The van der Waals surface area contributed by atoms with E-state index in [0.717, 1.165) is 10.9 Å².